The Bertz CT molecular complexity index is 861. The van der Waals surface area contributed by atoms with Gasteiger partial charge in [0.05, 0.1) is 24.5 Å². The van der Waals surface area contributed by atoms with Gasteiger partial charge >= 0.3 is 0 Å². The third-order valence-corrected chi connectivity index (χ3v) is 5.29. The zero-order chi connectivity index (χ0) is 19.8. The highest BCUT2D eigenvalue weighted by atomic mass is 19.1. The van der Waals surface area contributed by atoms with Crippen molar-refractivity contribution in [1.82, 2.24) is 10.3 Å². The molecule has 2 aliphatic carbocycles. The number of pyridine rings is 1. The largest absolute Gasteiger partial charge is 0.492 e. The van der Waals surface area contributed by atoms with Crippen LogP contribution in [0.4, 0.5) is 13.2 Å². The predicted molar refractivity (Wildman–Crippen MR) is 96.2 cm³/mol. The molecule has 1 amide bonds. The lowest BCUT2D eigenvalue weighted by molar-refractivity contribution is -0.123. The number of rotatable bonds is 7. The van der Waals surface area contributed by atoms with Crippen LogP contribution in [0.15, 0.2) is 30.5 Å². The van der Waals surface area contributed by atoms with E-state index in [1.165, 1.54) is 12.8 Å². The monoisotopic (exact) mass is 390 g/mol. The second-order valence-electron chi connectivity index (χ2n) is 7.64. The minimum Gasteiger partial charge on any atom is -0.492 e. The number of benzene rings is 1. The number of carbonyl (C=O) groups is 1. The fourth-order valence-corrected chi connectivity index (χ4v) is 3.34. The summed E-state index contributed by atoms with van der Waals surface area (Å²) in [6, 6.07) is 4.54. The standard InChI is InChI=1S/C21H21F3N2O2/c1-11(19-5-4-14(9-25-19)28-10-12-2-3-12)26-21(27)16-8-15(16)20-17(23)6-13(22)7-18(20)24/h4-7,9,11-12,15-16H,2-3,8,10H2,1H3,(H,26,27)/t11?,15-,16-/m0/s1. The molecule has 1 unspecified atom stereocenters. The average Bonchev–Trinajstić information content (AvgIpc) is 3.54. The number of amides is 1. The molecule has 4 nitrogen and oxygen atoms in total. The Hall–Kier alpha value is -2.57. The Morgan fingerprint density at radius 2 is 1.96 bits per heavy atom. The lowest BCUT2D eigenvalue weighted by atomic mass is 10.1. The molecule has 0 radical (unpaired) electrons. The number of hydrogen-bond acceptors (Lipinski definition) is 3. The van der Waals surface area contributed by atoms with Gasteiger partial charge < -0.3 is 10.1 Å². The molecule has 7 heteroatoms. The summed E-state index contributed by atoms with van der Waals surface area (Å²) >= 11 is 0. The quantitative estimate of drug-likeness (QED) is 0.768. The van der Waals surface area contributed by atoms with Crippen molar-refractivity contribution in [2.45, 2.75) is 38.1 Å². The fraction of sp³-hybridized carbons (Fsp3) is 0.429. The number of aromatic nitrogens is 1. The molecule has 2 aromatic rings. The third-order valence-electron chi connectivity index (χ3n) is 5.29. The summed E-state index contributed by atoms with van der Waals surface area (Å²) in [5, 5.41) is 2.83. The second-order valence-corrected chi connectivity index (χ2v) is 7.64. The van der Waals surface area contributed by atoms with E-state index in [9.17, 15) is 18.0 Å². The van der Waals surface area contributed by atoms with E-state index in [0.29, 0.717) is 42.5 Å². The summed E-state index contributed by atoms with van der Waals surface area (Å²) in [5.41, 5.74) is 0.452. The van der Waals surface area contributed by atoms with Gasteiger partial charge in [-0.05, 0) is 44.2 Å². The number of carbonyl (C=O) groups excluding carboxylic acids is 1. The van der Waals surface area contributed by atoms with Crippen molar-refractivity contribution in [3.05, 3.63) is 59.2 Å². The van der Waals surface area contributed by atoms with E-state index in [1.807, 2.05) is 6.07 Å². The van der Waals surface area contributed by atoms with E-state index in [-0.39, 0.29) is 17.5 Å². The van der Waals surface area contributed by atoms with Crippen LogP contribution >= 0.6 is 0 Å². The molecule has 3 atom stereocenters. The van der Waals surface area contributed by atoms with Gasteiger partial charge in [-0.3, -0.25) is 9.78 Å². The molecule has 1 N–H and O–H groups in total. The molecule has 1 aromatic carbocycles. The lowest BCUT2D eigenvalue weighted by Gasteiger charge is -2.14. The van der Waals surface area contributed by atoms with E-state index in [1.54, 1.807) is 19.2 Å². The summed E-state index contributed by atoms with van der Waals surface area (Å²) in [6.45, 7) is 2.49. The van der Waals surface area contributed by atoms with Crippen LogP contribution in [-0.2, 0) is 4.79 Å². The van der Waals surface area contributed by atoms with E-state index >= 15 is 0 Å². The highest BCUT2D eigenvalue weighted by molar-refractivity contribution is 5.83. The molecule has 28 heavy (non-hydrogen) atoms. The maximum absolute atomic E-state index is 13.9. The predicted octanol–water partition coefficient (Wildman–Crippen LogP) is 4.27. The Balaban J connectivity index is 1.34. The van der Waals surface area contributed by atoms with Crippen molar-refractivity contribution in [1.29, 1.82) is 0 Å². The molecule has 0 spiro atoms. The van der Waals surface area contributed by atoms with Gasteiger partial charge in [-0.2, -0.15) is 0 Å². The number of hydrogen-bond donors (Lipinski definition) is 1. The fourth-order valence-electron chi connectivity index (χ4n) is 3.34. The van der Waals surface area contributed by atoms with E-state index in [4.69, 9.17) is 4.74 Å². The van der Waals surface area contributed by atoms with Gasteiger partial charge in [0.2, 0.25) is 5.91 Å². The molecule has 4 rings (SSSR count). The minimum atomic E-state index is -0.968. The van der Waals surface area contributed by atoms with Gasteiger partial charge in [-0.15, -0.1) is 0 Å². The number of nitrogens with zero attached hydrogens (tertiary/aromatic N) is 1. The Kier molecular flexibility index (Phi) is 5.00. The summed E-state index contributed by atoms with van der Waals surface area (Å²) < 4.78 is 46.5. The molecule has 148 valence electrons. The van der Waals surface area contributed by atoms with Gasteiger partial charge in [-0.25, -0.2) is 13.2 Å². The molecule has 0 aliphatic heterocycles. The molecule has 2 saturated carbocycles. The van der Waals surface area contributed by atoms with E-state index < -0.39 is 29.3 Å². The first kappa shape index (κ1) is 18.8. The van der Waals surface area contributed by atoms with Crippen molar-refractivity contribution in [2.24, 2.45) is 11.8 Å². The summed E-state index contributed by atoms with van der Waals surface area (Å²) in [7, 11) is 0. The first-order valence-corrected chi connectivity index (χ1v) is 9.46. The smallest absolute Gasteiger partial charge is 0.224 e. The number of ether oxygens (including phenoxy) is 1. The Morgan fingerprint density at radius 3 is 2.57 bits per heavy atom. The van der Waals surface area contributed by atoms with E-state index in [0.717, 1.165) is 0 Å². The molecule has 2 aliphatic rings. The van der Waals surface area contributed by atoms with Crippen LogP contribution in [0.25, 0.3) is 0 Å². The van der Waals surface area contributed by atoms with Crippen LogP contribution in [0.3, 0.4) is 0 Å². The summed E-state index contributed by atoms with van der Waals surface area (Å²) in [6.07, 6.45) is 4.38. The van der Waals surface area contributed by atoms with Crippen LogP contribution < -0.4 is 10.1 Å². The van der Waals surface area contributed by atoms with Crippen molar-refractivity contribution in [2.75, 3.05) is 6.61 Å². The van der Waals surface area contributed by atoms with Crippen molar-refractivity contribution >= 4 is 5.91 Å². The van der Waals surface area contributed by atoms with Crippen LogP contribution in [0.2, 0.25) is 0 Å². The molecule has 1 heterocycles. The molecular formula is C21H21F3N2O2. The van der Waals surface area contributed by atoms with Gasteiger partial charge in [0.1, 0.15) is 23.2 Å². The van der Waals surface area contributed by atoms with Gasteiger partial charge in [0.15, 0.2) is 0 Å². The number of nitrogens with one attached hydrogen (secondary N) is 1. The van der Waals surface area contributed by atoms with Crippen molar-refractivity contribution in [3.63, 3.8) is 0 Å². The molecule has 0 saturated heterocycles. The van der Waals surface area contributed by atoms with Crippen LogP contribution in [0.5, 0.6) is 5.75 Å². The lowest BCUT2D eigenvalue weighted by Crippen LogP contribution is -2.29. The zero-order valence-electron chi connectivity index (χ0n) is 15.4. The molecular weight excluding hydrogens is 369 g/mol. The van der Waals surface area contributed by atoms with E-state index in [2.05, 4.69) is 10.3 Å². The van der Waals surface area contributed by atoms with Gasteiger partial charge in [0.25, 0.3) is 0 Å². The first-order valence-electron chi connectivity index (χ1n) is 9.46. The topological polar surface area (TPSA) is 51.2 Å². The first-order chi connectivity index (χ1) is 13.4. The van der Waals surface area contributed by atoms with Crippen molar-refractivity contribution in [3.8, 4) is 5.75 Å². The Morgan fingerprint density at radius 1 is 1.25 bits per heavy atom. The van der Waals surface area contributed by atoms with Crippen LogP contribution in [0, 0.1) is 29.3 Å². The maximum atomic E-state index is 13.9. The van der Waals surface area contributed by atoms with Crippen LogP contribution in [0.1, 0.15) is 49.4 Å². The SMILES string of the molecule is CC(NC(=O)[C@H]1C[C@@H]1c1c(F)cc(F)cc1F)c1ccc(OCC2CC2)cn1. The summed E-state index contributed by atoms with van der Waals surface area (Å²) in [5.74, 6) is -2.92. The molecule has 1 aromatic heterocycles. The number of halogens is 3. The minimum absolute atomic E-state index is 0.218. The third kappa shape index (κ3) is 4.13. The molecule has 2 fully saturated rings. The highest BCUT2D eigenvalue weighted by Crippen LogP contribution is 2.49. The second kappa shape index (κ2) is 7.45. The molecule has 0 bridgehead atoms. The Labute approximate surface area is 161 Å². The summed E-state index contributed by atoms with van der Waals surface area (Å²) in [4.78, 5) is 16.8. The van der Waals surface area contributed by atoms with Crippen molar-refractivity contribution < 1.29 is 22.7 Å². The van der Waals surface area contributed by atoms with Gasteiger partial charge in [0, 0.05) is 29.5 Å². The average molecular weight is 390 g/mol. The normalized spacial score (nSPS) is 21.9. The maximum Gasteiger partial charge on any atom is 0.224 e. The zero-order valence-corrected chi connectivity index (χ0v) is 15.4. The van der Waals surface area contributed by atoms with Crippen LogP contribution in [-0.4, -0.2) is 17.5 Å². The highest BCUT2D eigenvalue weighted by Gasteiger charge is 2.47. The van der Waals surface area contributed by atoms with Gasteiger partial charge in [-0.1, -0.05) is 0 Å².